The first-order chi connectivity index (χ1) is 9.54. The van der Waals surface area contributed by atoms with Gasteiger partial charge in [-0.2, -0.15) is 15.0 Å². The number of ether oxygens (including phenoxy) is 1. The monoisotopic (exact) mass is 278 g/mol. The molecule has 9 heteroatoms. The van der Waals surface area contributed by atoms with Gasteiger partial charge < -0.3 is 10.1 Å². The van der Waals surface area contributed by atoms with E-state index >= 15 is 0 Å². The fraction of sp³-hybridized carbons (Fsp3) is 0.455. The fourth-order valence-electron chi connectivity index (χ4n) is 1.68. The number of rotatable bonds is 6. The van der Waals surface area contributed by atoms with Crippen LogP contribution in [0.25, 0.3) is 5.95 Å². The highest BCUT2D eigenvalue weighted by molar-refractivity contribution is 5.38. The summed E-state index contributed by atoms with van der Waals surface area (Å²) in [5.41, 5.74) is 2.10. The van der Waals surface area contributed by atoms with Gasteiger partial charge in [-0.3, -0.25) is 9.99 Å². The molecule has 2 rings (SSSR count). The van der Waals surface area contributed by atoms with Gasteiger partial charge in [-0.25, -0.2) is 10.8 Å². The number of nitrogens with zero attached hydrogens (tertiary/aromatic N) is 5. The molecule has 108 valence electrons. The van der Waals surface area contributed by atoms with Crippen molar-refractivity contribution in [3.05, 3.63) is 18.7 Å². The van der Waals surface area contributed by atoms with Crippen LogP contribution in [0.15, 0.2) is 18.7 Å². The van der Waals surface area contributed by atoms with Crippen LogP contribution in [-0.4, -0.2) is 43.8 Å². The van der Waals surface area contributed by atoms with Crippen LogP contribution in [0.1, 0.15) is 13.8 Å². The Balaban J connectivity index is 2.31. The summed E-state index contributed by atoms with van der Waals surface area (Å²) in [6.45, 7) is 4.46. The topological polar surface area (TPSA) is 116 Å². The number of aromatic nitrogens is 5. The number of anilines is 2. The van der Waals surface area contributed by atoms with Gasteiger partial charge >= 0.3 is 0 Å². The van der Waals surface area contributed by atoms with E-state index in [1.165, 1.54) is 0 Å². The molecule has 4 N–H and O–H groups in total. The molecule has 0 atom stereocenters. The summed E-state index contributed by atoms with van der Waals surface area (Å²) in [6.07, 6.45) is 4.97. The second-order valence-electron chi connectivity index (χ2n) is 4.84. The molecule has 2 aromatic rings. The minimum atomic E-state index is -0.325. The van der Waals surface area contributed by atoms with Crippen molar-refractivity contribution in [1.82, 2.24) is 24.5 Å². The lowest BCUT2D eigenvalue weighted by atomic mass is 10.1. The zero-order chi connectivity index (χ0) is 14.6. The lowest BCUT2D eigenvalue weighted by Crippen LogP contribution is -2.37. The van der Waals surface area contributed by atoms with E-state index < -0.39 is 0 Å². The first-order valence-corrected chi connectivity index (χ1v) is 6.02. The highest BCUT2D eigenvalue weighted by atomic mass is 16.5. The Morgan fingerprint density at radius 3 is 2.65 bits per heavy atom. The Morgan fingerprint density at radius 2 is 2.05 bits per heavy atom. The third kappa shape index (κ3) is 3.39. The first kappa shape index (κ1) is 14.2. The van der Waals surface area contributed by atoms with Crippen LogP contribution in [-0.2, 0) is 4.74 Å². The molecule has 0 aliphatic rings. The molecule has 2 aromatic heterocycles. The van der Waals surface area contributed by atoms with Gasteiger partial charge in [0.1, 0.15) is 6.33 Å². The maximum absolute atomic E-state index is 5.38. The van der Waals surface area contributed by atoms with E-state index in [1.54, 1.807) is 30.4 Å². The van der Waals surface area contributed by atoms with Crippen LogP contribution < -0.4 is 16.6 Å². The lowest BCUT2D eigenvalue weighted by Gasteiger charge is -2.25. The van der Waals surface area contributed by atoms with Crippen molar-refractivity contribution in [3.63, 3.8) is 0 Å². The largest absolute Gasteiger partial charge is 0.382 e. The van der Waals surface area contributed by atoms with Gasteiger partial charge in [0.2, 0.25) is 17.8 Å². The van der Waals surface area contributed by atoms with Crippen molar-refractivity contribution in [1.29, 1.82) is 0 Å². The Labute approximate surface area is 116 Å². The number of imidazole rings is 1. The highest BCUT2D eigenvalue weighted by Gasteiger charge is 2.19. The number of nitrogen functional groups attached to an aromatic ring is 1. The summed E-state index contributed by atoms with van der Waals surface area (Å²) in [4.78, 5) is 16.6. The van der Waals surface area contributed by atoms with Crippen LogP contribution in [0.2, 0.25) is 0 Å². The molecule has 20 heavy (non-hydrogen) atoms. The number of hydrazine groups is 1. The summed E-state index contributed by atoms with van der Waals surface area (Å²) in [5.74, 6) is 6.47. The molecule has 9 nitrogen and oxygen atoms in total. The van der Waals surface area contributed by atoms with E-state index in [9.17, 15) is 0 Å². The van der Waals surface area contributed by atoms with Crippen LogP contribution in [0, 0.1) is 0 Å². The third-order valence-electron chi connectivity index (χ3n) is 2.44. The molecule has 0 saturated carbocycles. The molecule has 0 aliphatic heterocycles. The average Bonchev–Trinajstić information content (AvgIpc) is 2.91. The molecule has 0 bridgehead atoms. The van der Waals surface area contributed by atoms with Crippen LogP contribution in [0.3, 0.4) is 0 Å². The summed E-state index contributed by atoms with van der Waals surface area (Å²) in [7, 11) is 1.64. The van der Waals surface area contributed by atoms with Crippen molar-refractivity contribution in [2.45, 2.75) is 19.4 Å². The van der Waals surface area contributed by atoms with Crippen molar-refractivity contribution < 1.29 is 4.74 Å². The van der Waals surface area contributed by atoms with Gasteiger partial charge in [0, 0.05) is 19.5 Å². The molecular weight excluding hydrogens is 260 g/mol. The van der Waals surface area contributed by atoms with E-state index in [4.69, 9.17) is 10.6 Å². The smallest absolute Gasteiger partial charge is 0.243 e. The zero-order valence-corrected chi connectivity index (χ0v) is 11.7. The van der Waals surface area contributed by atoms with Crippen molar-refractivity contribution in [2.24, 2.45) is 5.84 Å². The predicted octanol–water partition coefficient (Wildman–Crippen LogP) is 0.180. The molecule has 0 unspecified atom stereocenters. The highest BCUT2D eigenvalue weighted by Crippen LogP contribution is 2.14. The van der Waals surface area contributed by atoms with Crippen LogP contribution in [0.4, 0.5) is 11.9 Å². The second-order valence-corrected chi connectivity index (χ2v) is 4.84. The molecule has 0 fully saturated rings. The minimum Gasteiger partial charge on any atom is -0.382 e. The van der Waals surface area contributed by atoms with Gasteiger partial charge in [-0.15, -0.1) is 0 Å². The molecule has 0 saturated heterocycles. The van der Waals surface area contributed by atoms with E-state index in [0.29, 0.717) is 18.5 Å². The van der Waals surface area contributed by atoms with Crippen molar-refractivity contribution in [2.75, 3.05) is 24.5 Å². The molecule has 0 spiro atoms. The number of hydrogen-bond donors (Lipinski definition) is 3. The van der Waals surface area contributed by atoms with E-state index in [0.717, 1.165) is 0 Å². The SMILES string of the molecule is COCC(C)(C)Nc1nc(NN)nc(-n2ccnc2)n1. The van der Waals surface area contributed by atoms with E-state index in [2.05, 4.69) is 30.7 Å². The van der Waals surface area contributed by atoms with Crippen molar-refractivity contribution in [3.8, 4) is 5.95 Å². The number of methoxy groups -OCH3 is 1. The van der Waals surface area contributed by atoms with Crippen molar-refractivity contribution >= 4 is 11.9 Å². The van der Waals surface area contributed by atoms with Gasteiger partial charge in [0.15, 0.2) is 0 Å². The second kappa shape index (κ2) is 5.80. The quantitative estimate of drug-likeness (QED) is 0.506. The Morgan fingerprint density at radius 1 is 1.30 bits per heavy atom. The molecule has 0 radical (unpaired) electrons. The first-order valence-electron chi connectivity index (χ1n) is 6.02. The fourth-order valence-corrected chi connectivity index (χ4v) is 1.68. The maximum atomic E-state index is 5.38. The maximum Gasteiger partial charge on any atom is 0.243 e. The standard InChI is InChI=1S/C11H18N8O/c1-11(2,6-20-3)17-8-14-9(18-12)16-10(15-8)19-5-4-13-7-19/h4-5,7H,6,12H2,1-3H3,(H2,14,15,16,17,18). The molecular formula is C11H18N8O. The number of nitrogens with one attached hydrogen (secondary N) is 2. The number of hydrogen-bond acceptors (Lipinski definition) is 8. The summed E-state index contributed by atoms with van der Waals surface area (Å²) in [6, 6.07) is 0. The average molecular weight is 278 g/mol. The van der Waals surface area contributed by atoms with Gasteiger partial charge in [-0.05, 0) is 13.8 Å². The lowest BCUT2D eigenvalue weighted by molar-refractivity contribution is 0.158. The number of nitrogens with two attached hydrogens (primary N) is 1. The summed E-state index contributed by atoms with van der Waals surface area (Å²) < 4.78 is 6.81. The molecule has 0 aliphatic carbocycles. The predicted molar refractivity (Wildman–Crippen MR) is 74.3 cm³/mol. The van der Waals surface area contributed by atoms with Gasteiger partial charge in [0.25, 0.3) is 0 Å². The van der Waals surface area contributed by atoms with E-state index in [-0.39, 0.29) is 11.5 Å². The van der Waals surface area contributed by atoms with Crippen LogP contribution in [0.5, 0.6) is 0 Å². The minimum absolute atomic E-state index is 0.263. The normalized spacial score (nSPS) is 11.4. The Bertz CT molecular complexity index is 554. The van der Waals surface area contributed by atoms with E-state index in [1.807, 2.05) is 13.8 Å². The van der Waals surface area contributed by atoms with Crippen LogP contribution >= 0.6 is 0 Å². The Hall–Kier alpha value is -2.26. The zero-order valence-electron chi connectivity index (χ0n) is 11.7. The van der Waals surface area contributed by atoms with Gasteiger partial charge in [-0.1, -0.05) is 0 Å². The molecule has 0 amide bonds. The third-order valence-corrected chi connectivity index (χ3v) is 2.44. The Kier molecular flexibility index (Phi) is 4.11. The summed E-state index contributed by atoms with van der Waals surface area (Å²) >= 11 is 0. The molecule has 0 aromatic carbocycles. The molecule has 2 heterocycles. The van der Waals surface area contributed by atoms with Gasteiger partial charge in [0.05, 0.1) is 12.1 Å². The summed E-state index contributed by atoms with van der Waals surface area (Å²) in [5, 5.41) is 3.18.